The first kappa shape index (κ1) is 30.9. The minimum absolute atomic E-state index is 0.0560. The smallest absolute Gasteiger partial charge is 0.340 e. The lowest BCUT2D eigenvalue weighted by Crippen LogP contribution is -2.43. The first-order valence-electron chi connectivity index (χ1n) is 14.5. The lowest BCUT2D eigenvalue weighted by molar-refractivity contribution is -0.149. The van der Waals surface area contributed by atoms with Gasteiger partial charge < -0.3 is 9.88 Å². The van der Waals surface area contributed by atoms with Crippen molar-refractivity contribution in [3.63, 3.8) is 0 Å². The fourth-order valence-corrected chi connectivity index (χ4v) is 5.01. The molecule has 1 amide bonds. The maximum Gasteiger partial charge on any atom is 0.408 e. The number of rotatable bonds is 6. The number of aromatic nitrogens is 2. The van der Waals surface area contributed by atoms with Gasteiger partial charge in [-0.2, -0.15) is 13.2 Å². The van der Waals surface area contributed by atoms with E-state index >= 15 is 0 Å². The molecule has 0 bridgehead atoms. The van der Waals surface area contributed by atoms with Crippen LogP contribution in [0.2, 0.25) is 0 Å². The van der Waals surface area contributed by atoms with Gasteiger partial charge in [0.2, 0.25) is 0 Å². The quantitative estimate of drug-likeness (QED) is 0.300. The summed E-state index contributed by atoms with van der Waals surface area (Å²) >= 11 is 0. The molecule has 42 heavy (non-hydrogen) atoms. The van der Waals surface area contributed by atoms with Crippen molar-refractivity contribution in [3.8, 4) is 23.2 Å². The highest BCUT2D eigenvalue weighted by Crippen LogP contribution is 2.40. The van der Waals surface area contributed by atoms with E-state index in [9.17, 15) is 18.0 Å². The van der Waals surface area contributed by atoms with Crippen molar-refractivity contribution in [1.29, 1.82) is 0 Å². The summed E-state index contributed by atoms with van der Waals surface area (Å²) in [6.07, 6.45) is 8.21. The second-order valence-electron chi connectivity index (χ2n) is 11.0. The molecule has 3 aromatic rings. The van der Waals surface area contributed by atoms with Gasteiger partial charge in [-0.05, 0) is 63.3 Å². The lowest BCUT2D eigenvalue weighted by Gasteiger charge is -2.25. The third-order valence-corrected chi connectivity index (χ3v) is 7.78. The van der Waals surface area contributed by atoms with Gasteiger partial charge in [0.15, 0.2) is 0 Å². The van der Waals surface area contributed by atoms with Crippen LogP contribution in [0.3, 0.4) is 0 Å². The second kappa shape index (κ2) is 12.9. The van der Waals surface area contributed by atoms with E-state index in [-0.39, 0.29) is 17.4 Å². The molecule has 1 aromatic carbocycles. The summed E-state index contributed by atoms with van der Waals surface area (Å²) in [6, 6.07) is 7.57. The number of carbonyl (C=O) groups excluding carboxylic acids is 1. The van der Waals surface area contributed by atoms with E-state index in [1.807, 2.05) is 5.32 Å². The molecule has 0 spiro atoms. The van der Waals surface area contributed by atoms with Crippen LogP contribution in [0, 0.1) is 30.6 Å². The molecule has 2 heterocycles. The summed E-state index contributed by atoms with van der Waals surface area (Å²) in [5.74, 6) is 6.22. The highest BCUT2D eigenvalue weighted by atomic mass is 19.4. The summed E-state index contributed by atoms with van der Waals surface area (Å²) in [4.78, 5) is 17.2. The zero-order valence-electron chi connectivity index (χ0n) is 25.1. The van der Waals surface area contributed by atoms with Gasteiger partial charge in [-0.15, -0.1) is 0 Å². The van der Waals surface area contributed by atoms with E-state index < -0.39 is 18.1 Å². The Hall–Kier alpha value is -4.05. The van der Waals surface area contributed by atoms with Crippen LogP contribution in [0.1, 0.15) is 75.4 Å². The number of hydrogen-bond acceptors (Lipinski definition) is 2. The minimum atomic E-state index is -4.53. The predicted octanol–water partition coefficient (Wildman–Crippen LogP) is 8.86. The van der Waals surface area contributed by atoms with Gasteiger partial charge in [-0.3, -0.25) is 9.78 Å². The number of nitrogens with zero attached hydrogens (tertiary/aromatic N) is 2. The summed E-state index contributed by atoms with van der Waals surface area (Å²) < 4.78 is 41.4. The van der Waals surface area contributed by atoms with Crippen molar-refractivity contribution < 1.29 is 18.0 Å². The van der Waals surface area contributed by atoms with E-state index in [2.05, 4.69) is 98.5 Å². The van der Waals surface area contributed by atoms with Crippen molar-refractivity contribution >= 4 is 22.5 Å². The Labute approximate surface area is 246 Å². The van der Waals surface area contributed by atoms with E-state index in [4.69, 9.17) is 0 Å². The monoisotopic (exact) mass is 573 g/mol. The van der Waals surface area contributed by atoms with Crippen molar-refractivity contribution in [3.05, 3.63) is 83.1 Å². The number of halogens is 3. The molecule has 2 aromatic heterocycles. The molecular weight excluding hydrogens is 535 g/mol. The molecule has 0 radical (unpaired) electrons. The van der Waals surface area contributed by atoms with E-state index in [0.29, 0.717) is 5.69 Å². The van der Waals surface area contributed by atoms with Gasteiger partial charge in [0.25, 0.3) is 5.91 Å². The minimum Gasteiger partial charge on any atom is -0.340 e. The van der Waals surface area contributed by atoms with Crippen molar-refractivity contribution in [2.24, 2.45) is 11.8 Å². The lowest BCUT2D eigenvalue weighted by atomic mass is 9.91. The Kier molecular flexibility index (Phi) is 9.46. The van der Waals surface area contributed by atoms with E-state index in [1.54, 1.807) is 6.07 Å². The van der Waals surface area contributed by atoms with Crippen molar-refractivity contribution in [2.45, 2.75) is 73.0 Å². The average Bonchev–Trinajstić information content (AvgIpc) is 3.26. The molecule has 3 unspecified atom stereocenters. The number of pyridine rings is 1. The fraction of sp³-hybridized carbons (Fsp3) is 0.371. The first-order chi connectivity index (χ1) is 20.0. The van der Waals surface area contributed by atoms with Crippen LogP contribution in [-0.4, -0.2) is 27.7 Å². The second-order valence-corrected chi connectivity index (χ2v) is 11.0. The van der Waals surface area contributed by atoms with Crippen LogP contribution in [-0.2, 0) is 0 Å². The Bertz CT molecular complexity index is 1610. The molecule has 4 nitrogen and oxygen atoms in total. The third-order valence-electron chi connectivity index (χ3n) is 7.78. The highest BCUT2D eigenvalue weighted by Gasteiger charge is 2.37. The molecule has 3 atom stereocenters. The van der Waals surface area contributed by atoms with Gasteiger partial charge in [-0.1, -0.05) is 74.6 Å². The third kappa shape index (κ3) is 6.54. The number of aryl methyl sites for hydroxylation is 1. The number of amides is 1. The standard InChI is InChI=1S/C35H38F3N3O/c1-7-9-10-14-29-28-17-15-22(3)19-32(28)41(31-20-26(8-2)13-11-12-23(4)24(31)5)33(29)30-18-16-27(21-39-30)34(42)40-25(6)35(36,37)38/h11-13,15-21,24-26H,7-9H2,1-6H3,(H,40,42). The molecule has 0 fully saturated rings. The topological polar surface area (TPSA) is 46.9 Å². The molecule has 1 aliphatic rings. The van der Waals surface area contributed by atoms with Crippen LogP contribution in [0.5, 0.6) is 0 Å². The van der Waals surface area contributed by atoms with Crippen molar-refractivity contribution in [1.82, 2.24) is 14.9 Å². The zero-order chi connectivity index (χ0) is 30.6. The van der Waals surface area contributed by atoms with Crippen LogP contribution in [0.4, 0.5) is 13.2 Å². The molecule has 7 heteroatoms. The van der Waals surface area contributed by atoms with Gasteiger partial charge in [0.1, 0.15) is 6.04 Å². The van der Waals surface area contributed by atoms with E-state index in [0.717, 1.165) is 59.6 Å². The summed E-state index contributed by atoms with van der Waals surface area (Å²) in [7, 11) is 0. The maximum atomic E-state index is 13.0. The summed E-state index contributed by atoms with van der Waals surface area (Å²) in [5.41, 5.74) is 6.73. The molecule has 1 N–H and O–H groups in total. The largest absolute Gasteiger partial charge is 0.408 e. The number of alkyl halides is 3. The molecule has 220 valence electrons. The number of hydrogen-bond donors (Lipinski definition) is 1. The predicted molar refractivity (Wildman–Crippen MR) is 165 cm³/mol. The maximum absolute atomic E-state index is 13.0. The first-order valence-corrected chi connectivity index (χ1v) is 14.5. The molecule has 0 saturated heterocycles. The SMILES string of the molecule is CCCC#Cc1c(-c2ccc(C(=O)NC(C)C(F)(F)F)cn2)n(C2=CC(CC)C=CC=C(C)C2C)c2cc(C)ccc12. The Morgan fingerprint density at radius 1 is 1.17 bits per heavy atom. The molecule has 0 saturated carbocycles. The Morgan fingerprint density at radius 2 is 1.93 bits per heavy atom. The Morgan fingerprint density at radius 3 is 2.57 bits per heavy atom. The number of benzene rings is 1. The summed E-state index contributed by atoms with van der Waals surface area (Å²) in [5, 5.41) is 3.02. The number of carbonyl (C=O) groups is 1. The van der Waals surface area contributed by atoms with Crippen LogP contribution < -0.4 is 5.32 Å². The molecular formula is C35H38F3N3O. The van der Waals surface area contributed by atoms with Crippen LogP contribution in [0.15, 0.2) is 66.4 Å². The van der Waals surface area contributed by atoms with Gasteiger partial charge in [0, 0.05) is 29.6 Å². The molecule has 4 rings (SSSR count). The number of allylic oxidation sites excluding steroid dienone is 6. The van der Waals surface area contributed by atoms with Crippen LogP contribution in [0.25, 0.3) is 28.0 Å². The number of unbranched alkanes of at least 4 members (excludes halogenated alkanes) is 1. The fourth-order valence-electron chi connectivity index (χ4n) is 5.01. The Balaban J connectivity index is 1.98. The number of fused-ring (bicyclic) bond motifs is 1. The number of nitrogens with one attached hydrogen (secondary N) is 1. The average molecular weight is 574 g/mol. The zero-order valence-corrected chi connectivity index (χ0v) is 25.1. The van der Waals surface area contributed by atoms with E-state index in [1.165, 1.54) is 17.8 Å². The summed E-state index contributed by atoms with van der Waals surface area (Å²) in [6.45, 7) is 11.5. The molecule has 1 aliphatic carbocycles. The van der Waals surface area contributed by atoms with Gasteiger partial charge in [0.05, 0.1) is 28.0 Å². The highest BCUT2D eigenvalue weighted by molar-refractivity contribution is 5.98. The van der Waals surface area contributed by atoms with Crippen LogP contribution >= 0.6 is 0 Å². The van der Waals surface area contributed by atoms with Gasteiger partial charge in [-0.25, -0.2) is 0 Å². The van der Waals surface area contributed by atoms with Crippen molar-refractivity contribution in [2.75, 3.05) is 0 Å². The van der Waals surface area contributed by atoms with Gasteiger partial charge >= 0.3 is 6.18 Å². The molecule has 0 aliphatic heterocycles. The normalized spacial score (nSPS) is 17.9.